The highest BCUT2D eigenvalue weighted by atomic mass is 16.5. The van der Waals surface area contributed by atoms with Crippen LogP contribution in [0.4, 0.5) is 0 Å². The fourth-order valence-electron chi connectivity index (χ4n) is 2.26. The zero-order valence-corrected chi connectivity index (χ0v) is 11.6. The van der Waals surface area contributed by atoms with E-state index in [2.05, 4.69) is 4.98 Å². The maximum Gasteiger partial charge on any atom is 0.357 e. The molecule has 0 unspecified atom stereocenters. The van der Waals surface area contributed by atoms with E-state index in [-0.39, 0.29) is 24.1 Å². The Balaban J connectivity index is 2.02. The van der Waals surface area contributed by atoms with Crippen molar-refractivity contribution in [3.63, 3.8) is 0 Å². The summed E-state index contributed by atoms with van der Waals surface area (Å²) in [5, 5.41) is 0. The van der Waals surface area contributed by atoms with Crippen LogP contribution in [0.3, 0.4) is 0 Å². The van der Waals surface area contributed by atoms with Gasteiger partial charge in [0.2, 0.25) is 0 Å². The molecule has 1 fully saturated rings. The number of carbonyl (C=O) groups is 2. The largest absolute Gasteiger partial charge is 0.461 e. The maximum atomic E-state index is 12.0. The first-order valence-corrected chi connectivity index (χ1v) is 7.06. The third-order valence-corrected chi connectivity index (χ3v) is 3.27. The lowest BCUT2D eigenvalue weighted by Crippen LogP contribution is -2.22. The maximum absolute atomic E-state index is 12.0. The molecule has 0 radical (unpaired) electrons. The van der Waals surface area contributed by atoms with E-state index in [1.54, 1.807) is 19.1 Å². The summed E-state index contributed by atoms with van der Waals surface area (Å²) in [6, 6.07) is 4.68. The van der Waals surface area contributed by atoms with E-state index in [0.717, 1.165) is 25.7 Å². The van der Waals surface area contributed by atoms with E-state index >= 15 is 0 Å². The molecule has 2 rings (SSSR count). The van der Waals surface area contributed by atoms with E-state index in [4.69, 9.17) is 9.47 Å². The SMILES string of the molecule is CCOC(=O)c1cccc(C(=O)OC2CCCCC2)n1. The lowest BCUT2D eigenvalue weighted by molar-refractivity contribution is 0.0204. The minimum absolute atomic E-state index is 0.0238. The molecule has 0 bridgehead atoms. The van der Waals surface area contributed by atoms with Crippen molar-refractivity contribution < 1.29 is 19.1 Å². The van der Waals surface area contributed by atoms with Gasteiger partial charge in [0.1, 0.15) is 17.5 Å². The van der Waals surface area contributed by atoms with Gasteiger partial charge in [0, 0.05) is 0 Å². The monoisotopic (exact) mass is 277 g/mol. The zero-order chi connectivity index (χ0) is 14.4. The number of pyridine rings is 1. The van der Waals surface area contributed by atoms with Crippen molar-refractivity contribution in [3.8, 4) is 0 Å². The highest BCUT2D eigenvalue weighted by Gasteiger charge is 2.20. The van der Waals surface area contributed by atoms with E-state index in [9.17, 15) is 9.59 Å². The highest BCUT2D eigenvalue weighted by molar-refractivity contribution is 5.91. The molecule has 1 aliphatic carbocycles. The second-order valence-corrected chi connectivity index (χ2v) is 4.79. The Bertz CT molecular complexity index is 481. The van der Waals surface area contributed by atoms with Gasteiger partial charge in [-0.25, -0.2) is 14.6 Å². The Morgan fingerprint density at radius 1 is 1.15 bits per heavy atom. The average molecular weight is 277 g/mol. The summed E-state index contributed by atoms with van der Waals surface area (Å²) in [4.78, 5) is 27.6. The number of esters is 2. The smallest absolute Gasteiger partial charge is 0.357 e. The van der Waals surface area contributed by atoms with Crippen LogP contribution in [0.5, 0.6) is 0 Å². The molecule has 1 aromatic rings. The highest BCUT2D eigenvalue weighted by Crippen LogP contribution is 2.21. The van der Waals surface area contributed by atoms with Crippen LogP contribution in [0.2, 0.25) is 0 Å². The fraction of sp³-hybridized carbons (Fsp3) is 0.533. The molecule has 0 aromatic carbocycles. The fourth-order valence-corrected chi connectivity index (χ4v) is 2.26. The number of ether oxygens (including phenoxy) is 2. The minimum atomic E-state index is -0.528. The molecule has 5 heteroatoms. The normalized spacial score (nSPS) is 15.7. The van der Waals surface area contributed by atoms with Crippen molar-refractivity contribution in [2.75, 3.05) is 6.61 Å². The van der Waals surface area contributed by atoms with Crippen LogP contribution < -0.4 is 0 Å². The molecule has 0 spiro atoms. The van der Waals surface area contributed by atoms with E-state index in [1.165, 1.54) is 12.5 Å². The molecule has 0 amide bonds. The number of hydrogen-bond donors (Lipinski definition) is 0. The molecule has 0 aliphatic heterocycles. The van der Waals surface area contributed by atoms with Crippen molar-refractivity contribution >= 4 is 11.9 Å². The topological polar surface area (TPSA) is 65.5 Å². The predicted octanol–water partition coefficient (Wildman–Crippen LogP) is 2.75. The summed E-state index contributed by atoms with van der Waals surface area (Å²) >= 11 is 0. The predicted molar refractivity (Wildman–Crippen MR) is 72.5 cm³/mol. The van der Waals surface area contributed by atoms with Gasteiger partial charge >= 0.3 is 11.9 Å². The number of nitrogens with zero attached hydrogens (tertiary/aromatic N) is 1. The van der Waals surface area contributed by atoms with Crippen LogP contribution in [0.15, 0.2) is 18.2 Å². The summed E-state index contributed by atoms with van der Waals surface area (Å²) in [6.45, 7) is 2.00. The quantitative estimate of drug-likeness (QED) is 0.792. The van der Waals surface area contributed by atoms with Crippen LogP contribution >= 0.6 is 0 Å². The Morgan fingerprint density at radius 2 is 1.80 bits per heavy atom. The molecule has 0 atom stereocenters. The molecule has 1 saturated carbocycles. The summed E-state index contributed by atoms with van der Waals surface area (Å²) in [5.41, 5.74) is 0.283. The van der Waals surface area contributed by atoms with Crippen LogP contribution in [-0.2, 0) is 9.47 Å². The van der Waals surface area contributed by atoms with Gasteiger partial charge in [0.25, 0.3) is 0 Å². The first-order chi connectivity index (χ1) is 9.70. The number of aromatic nitrogens is 1. The van der Waals surface area contributed by atoms with Crippen LogP contribution in [0.25, 0.3) is 0 Å². The van der Waals surface area contributed by atoms with Gasteiger partial charge < -0.3 is 9.47 Å². The Morgan fingerprint density at radius 3 is 2.45 bits per heavy atom. The minimum Gasteiger partial charge on any atom is -0.461 e. The Kier molecular flexibility index (Phi) is 5.09. The van der Waals surface area contributed by atoms with Crippen molar-refractivity contribution in [2.24, 2.45) is 0 Å². The van der Waals surface area contributed by atoms with Gasteiger partial charge in [-0.15, -0.1) is 0 Å². The van der Waals surface area contributed by atoms with E-state index in [1.807, 2.05) is 0 Å². The molecule has 1 aromatic heterocycles. The first-order valence-electron chi connectivity index (χ1n) is 7.06. The van der Waals surface area contributed by atoms with Crippen LogP contribution in [-0.4, -0.2) is 29.6 Å². The molecule has 20 heavy (non-hydrogen) atoms. The molecule has 108 valence electrons. The molecule has 0 N–H and O–H groups in total. The summed E-state index contributed by atoms with van der Waals surface area (Å²) in [7, 11) is 0. The molecular weight excluding hydrogens is 258 g/mol. The zero-order valence-electron chi connectivity index (χ0n) is 11.6. The number of rotatable bonds is 4. The van der Waals surface area contributed by atoms with E-state index < -0.39 is 11.9 Å². The molecular formula is C15H19NO4. The van der Waals surface area contributed by atoms with Gasteiger partial charge in [-0.1, -0.05) is 12.5 Å². The average Bonchev–Trinajstić information content (AvgIpc) is 2.48. The molecule has 5 nitrogen and oxygen atoms in total. The van der Waals surface area contributed by atoms with Gasteiger partial charge in [-0.3, -0.25) is 0 Å². The lowest BCUT2D eigenvalue weighted by Gasteiger charge is -2.21. The van der Waals surface area contributed by atoms with Crippen molar-refractivity contribution in [1.29, 1.82) is 0 Å². The second-order valence-electron chi connectivity index (χ2n) is 4.79. The Hall–Kier alpha value is -1.91. The standard InChI is InChI=1S/C15H19NO4/c1-2-19-14(17)12-9-6-10-13(16-12)15(18)20-11-7-4-3-5-8-11/h6,9-11H,2-5,7-8H2,1H3. The van der Waals surface area contributed by atoms with Crippen molar-refractivity contribution in [1.82, 2.24) is 4.98 Å². The van der Waals surface area contributed by atoms with Crippen LogP contribution in [0.1, 0.15) is 60.0 Å². The third-order valence-electron chi connectivity index (χ3n) is 3.27. The number of hydrogen-bond acceptors (Lipinski definition) is 5. The van der Waals surface area contributed by atoms with Gasteiger partial charge in [-0.05, 0) is 44.7 Å². The lowest BCUT2D eigenvalue weighted by atomic mass is 9.98. The summed E-state index contributed by atoms with van der Waals surface area (Å²) in [6.07, 6.45) is 5.17. The number of carbonyl (C=O) groups excluding carboxylic acids is 2. The summed E-state index contributed by atoms with van der Waals surface area (Å²) < 4.78 is 10.3. The van der Waals surface area contributed by atoms with Gasteiger partial charge in [-0.2, -0.15) is 0 Å². The first kappa shape index (κ1) is 14.5. The second kappa shape index (κ2) is 7.03. The Labute approximate surface area is 118 Å². The molecule has 0 saturated heterocycles. The van der Waals surface area contributed by atoms with Crippen LogP contribution in [0, 0.1) is 0 Å². The van der Waals surface area contributed by atoms with Gasteiger partial charge in [0.15, 0.2) is 0 Å². The van der Waals surface area contributed by atoms with Crippen molar-refractivity contribution in [3.05, 3.63) is 29.6 Å². The molecule has 1 heterocycles. The van der Waals surface area contributed by atoms with Gasteiger partial charge in [0.05, 0.1) is 6.61 Å². The molecule has 1 aliphatic rings. The van der Waals surface area contributed by atoms with E-state index in [0.29, 0.717) is 0 Å². The third kappa shape index (κ3) is 3.79. The summed E-state index contributed by atoms with van der Waals surface area (Å²) in [5.74, 6) is -0.997. The van der Waals surface area contributed by atoms with Crippen molar-refractivity contribution in [2.45, 2.75) is 45.1 Å².